The Bertz CT molecular complexity index is 174. The van der Waals surface area contributed by atoms with Gasteiger partial charge in [0.1, 0.15) is 0 Å². The SMILES string of the molecule is CC(C)[C@@H]1C=CCN1C(C)(C)C. The molecule has 0 bridgehead atoms. The van der Waals surface area contributed by atoms with Crippen LogP contribution in [-0.4, -0.2) is 23.0 Å². The molecule has 0 spiro atoms. The zero-order valence-corrected chi connectivity index (χ0v) is 8.96. The first-order valence-corrected chi connectivity index (χ1v) is 4.86. The van der Waals surface area contributed by atoms with Crippen LogP contribution in [0.3, 0.4) is 0 Å². The molecule has 1 nitrogen and oxygen atoms in total. The van der Waals surface area contributed by atoms with Gasteiger partial charge in [-0.05, 0) is 26.7 Å². The lowest BCUT2D eigenvalue weighted by Crippen LogP contribution is -2.46. The summed E-state index contributed by atoms with van der Waals surface area (Å²) in [7, 11) is 0. The topological polar surface area (TPSA) is 3.24 Å². The van der Waals surface area contributed by atoms with Gasteiger partial charge in [0.25, 0.3) is 0 Å². The normalized spacial score (nSPS) is 25.7. The van der Waals surface area contributed by atoms with Crippen LogP contribution in [0.25, 0.3) is 0 Å². The summed E-state index contributed by atoms with van der Waals surface area (Å²) in [4.78, 5) is 2.55. The van der Waals surface area contributed by atoms with Crippen LogP contribution < -0.4 is 0 Å². The molecule has 0 unspecified atom stereocenters. The van der Waals surface area contributed by atoms with E-state index in [0.717, 1.165) is 12.5 Å². The largest absolute Gasteiger partial charge is 0.288 e. The summed E-state index contributed by atoms with van der Waals surface area (Å²) in [6, 6.07) is 0.644. The molecule has 1 rings (SSSR count). The van der Waals surface area contributed by atoms with Gasteiger partial charge in [0.2, 0.25) is 0 Å². The third kappa shape index (κ3) is 1.89. The van der Waals surface area contributed by atoms with Gasteiger partial charge < -0.3 is 0 Å². The average molecular weight is 167 g/mol. The summed E-state index contributed by atoms with van der Waals surface area (Å²) in [5.41, 5.74) is 0.304. The van der Waals surface area contributed by atoms with Crippen molar-refractivity contribution in [1.29, 1.82) is 0 Å². The average Bonchev–Trinajstić information content (AvgIpc) is 2.30. The molecule has 1 aliphatic heterocycles. The van der Waals surface area contributed by atoms with Crippen molar-refractivity contribution in [3.05, 3.63) is 12.2 Å². The van der Waals surface area contributed by atoms with Gasteiger partial charge in [0.15, 0.2) is 0 Å². The van der Waals surface area contributed by atoms with Crippen molar-refractivity contribution in [2.24, 2.45) is 5.92 Å². The van der Waals surface area contributed by atoms with Crippen LogP contribution in [0.1, 0.15) is 34.6 Å². The lowest BCUT2D eigenvalue weighted by Gasteiger charge is -2.38. The van der Waals surface area contributed by atoms with E-state index in [1.807, 2.05) is 0 Å². The second-order valence-corrected chi connectivity index (χ2v) is 4.99. The number of hydrogen-bond acceptors (Lipinski definition) is 1. The fourth-order valence-corrected chi connectivity index (χ4v) is 1.84. The molecule has 0 radical (unpaired) electrons. The van der Waals surface area contributed by atoms with Crippen LogP contribution in [0.15, 0.2) is 12.2 Å². The van der Waals surface area contributed by atoms with Crippen LogP contribution in [0.2, 0.25) is 0 Å². The summed E-state index contributed by atoms with van der Waals surface area (Å²) in [6.45, 7) is 12.6. The molecule has 70 valence electrons. The monoisotopic (exact) mass is 167 g/mol. The van der Waals surface area contributed by atoms with Crippen LogP contribution >= 0.6 is 0 Å². The minimum absolute atomic E-state index is 0.304. The number of nitrogens with zero attached hydrogens (tertiary/aromatic N) is 1. The lowest BCUT2D eigenvalue weighted by molar-refractivity contribution is 0.108. The molecule has 0 aromatic carbocycles. The Morgan fingerprint density at radius 1 is 1.33 bits per heavy atom. The van der Waals surface area contributed by atoms with Crippen LogP contribution in [0.4, 0.5) is 0 Å². The van der Waals surface area contributed by atoms with Gasteiger partial charge in [-0.25, -0.2) is 0 Å². The molecule has 0 saturated carbocycles. The molecular weight excluding hydrogens is 146 g/mol. The Balaban J connectivity index is 2.69. The van der Waals surface area contributed by atoms with Crippen molar-refractivity contribution < 1.29 is 0 Å². The number of rotatable bonds is 1. The third-order valence-corrected chi connectivity index (χ3v) is 2.54. The molecule has 0 amide bonds. The molecule has 1 heterocycles. The molecule has 0 aliphatic carbocycles. The first-order chi connectivity index (χ1) is 5.43. The van der Waals surface area contributed by atoms with E-state index < -0.39 is 0 Å². The first kappa shape index (κ1) is 9.79. The van der Waals surface area contributed by atoms with Crippen molar-refractivity contribution in [3.63, 3.8) is 0 Å². The molecule has 0 aromatic rings. The predicted octanol–water partition coefficient (Wildman–Crippen LogP) is 2.68. The van der Waals surface area contributed by atoms with Crippen molar-refractivity contribution >= 4 is 0 Å². The molecule has 0 saturated heterocycles. The highest BCUT2D eigenvalue weighted by Gasteiger charge is 2.30. The van der Waals surface area contributed by atoms with E-state index in [1.165, 1.54) is 0 Å². The van der Waals surface area contributed by atoms with Crippen LogP contribution in [0.5, 0.6) is 0 Å². The molecule has 1 heteroatoms. The summed E-state index contributed by atoms with van der Waals surface area (Å²) >= 11 is 0. The quantitative estimate of drug-likeness (QED) is 0.543. The molecule has 0 N–H and O–H groups in total. The Kier molecular flexibility index (Phi) is 2.62. The standard InChI is InChI=1S/C11H21N/c1-9(2)10-7-6-8-12(10)11(3,4)5/h6-7,9-10H,8H2,1-5H3/t10-/m0/s1. The second-order valence-electron chi connectivity index (χ2n) is 4.99. The van der Waals surface area contributed by atoms with E-state index in [4.69, 9.17) is 0 Å². The van der Waals surface area contributed by atoms with E-state index >= 15 is 0 Å². The van der Waals surface area contributed by atoms with Gasteiger partial charge in [-0.1, -0.05) is 26.0 Å². The van der Waals surface area contributed by atoms with Gasteiger partial charge in [-0.3, -0.25) is 4.90 Å². The lowest BCUT2D eigenvalue weighted by atomic mass is 9.98. The molecular formula is C11H21N. The highest BCUT2D eigenvalue weighted by atomic mass is 15.2. The summed E-state index contributed by atoms with van der Waals surface area (Å²) in [5, 5.41) is 0. The maximum Gasteiger partial charge on any atom is 0.0310 e. The van der Waals surface area contributed by atoms with Crippen LogP contribution in [-0.2, 0) is 0 Å². The summed E-state index contributed by atoms with van der Waals surface area (Å²) < 4.78 is 0. The van der Waals surface area contributed by atoms with Gasteiger partial charge in [0.05, 0.1) is 0 Å². The highest BCUT2D eigenvalue weighted by Crippen LogP contribution is 2.25. The van der Waals surface area contributed by atoms with Gasteiger partial charge in [0, 0.05) is 18.1 Å². The van der Waals surface area contributed by atoms with Gasteiger partial charge in [-0.15, -0.1) is 0 Å². The predicted molar refractivity (Wildman–Crippen MR) is 54.2 cm³/mol. The Morgan fingerprint density at radius 2 is 1.92 bits per heavy atom. The zero-order valence-electron chi connectivity index (χ0n) is 8.96. The van der Waals surface area contributed by atoms with E-state index in [9.17, 15) is 0 Å². The second kappa shape index (κ2) is 3.21. The van der Waals surface area contributed by atoms with E-state index in [1.54, 1.807) is 0 Å². The fourth-order valence-electron chi connectivity index (χ4n) is 1.84. The van der Waals surface area contributed by atoms with Crippen molar-refractivity contribution in [2.75, 3.05) is 6.54 Å². The van der Waals surface area contributed by atoms with Crippen molar-refractivity contribution in [2.45, 2.75) is 46.2 Å². The van der Waals surface area contributed by atoms with Gasteiger partial charge >= 0.3 is 0 Å². The minimum atomic E-state index is 0.304. The molecule has 0 fully saturated rings. The molecule has 12 heavy (non-hydrogen) atoms. The highest BCUT2D eigenvalue weighted by molar-refractivity contribution is 5.08. The van der Waals surface area contributed by atoms with Crippen molar-refractivity contribution in [1.82, 2.24) is 4.90 Å². The Hall–Kier alpha value is -0.300. The maximum absolute atomic E-state index is 2.55. The van der Waals surface area contributed by atoms with Crippen molar-refractivity contribution in [3.8, 4) is 0 Å². The third-order valence-electron chi connectivity index (χ3n) is 2.54. The van der Waals surface area contributed by atoms with E-state index in [0.29, 0.717) is 11.6 Å². The zero-order chi connectivity index (χ0) is 9.35. The number of hydrogen-bond donors (Lipinski definition) is 0. The molecule has 0 aromatic heterocycles. The minimum Gasteiger partial charge on any atom is -0.288 e. The Morgan fingerprint density at radius 3 is 2.25 bits per heavy atom. The van der Waals surface area contributed by atoms with Crippen LogP contribution in [0, 0.1) is 5.92 Å². The fraction of sp³-hybridized carbons (Fsp3) is 0.818. The molecule has 1 aliphatic rings. The summed E-state index contributed by atoms with van der Waals surface area (Å²) in [6.07, 6.45) is 4.63. The Labute approximate surface area is 76.5 Å². The van der Waals surface area contributed by atoms with E-state index in [-0.39, 0.29) is 0 Å². The van der Waals surface area contributed by atoms with E-state index in [2.05, 4.69) is 51.7 Å². The maximum atomic E-state index is 2.55. The van der Waals surface area contributed by atoms with Gasteiger partial charge in [-0.2, -0.15) is 0 Å². The summed E-state index contributed by atoms with van der Waals surface area (Å²) in [5.74, 6) is 0.725. The molecule has 1 atom stereocenters. The first-order valence-electron chi connectivity index (χ1n) is 4.86. The smallest absolute Gasteiger partial charge is 0.0310 e.